The summed E-state index contributed by atoms with van der Waals surface area (Å²) in [6.45, 7) is 1.50. The summed E-state index contributed by atoms with van der Waals surface area (Å²) in [5.41, 5.74) is 3.80. The number of carbonyl (C=O) groups excluding carboxylic acids is 1. The van der Waals surface area contributed by atoms with Gasteiger partial charge >= 0.3 is 0 Å². The summed E-state index contributed by atoms with van der Waals surface area (Å²) in [7, 11) is 6.80. The van der Waals surface area contributed by atoms with Gasteiger partial charge in [-0.3, -0.25) is 14.7 Å². The Bertz CT molecular complexity index is 990. The zero-order chi connectivity index (χ0) is 22.0. The van der Waals surface area contributed by atoms with Crippen molar-refractivity contribution in [3.05, 3.63) is 41.5 Å². The number of anilines is 2. The second-order valence-corrected chi connectivity index (χ2v) is 7.63. The SMILES string of the molecule is COc1cc2c(c(OC)c1OC)C=NC(N(C)Cc1ccc(N3CCCC3=O)cc1)N2. The first-order chi connectivity index (χ1) is 15.0. The van der Waals surface area contributed by atoms with Crippen LogP contribution in [-0.4, -0.2) is 58.2 Å². The number of methoxy groups -OCH3 is 3. The fourth-order valence-electron chi connectivity index (χ4n) is 4.05. The van der Waals surface area contributed by atoms with Crippen molar-refractivity contribution >= 4 is 23.5 Å². The molecule has 0 aromatic heterocycles. The van der Waals surface area contributed by atoms with Gasteiger partial charge in [-0.1, -0.05) is 12.1 Å². The lowest BCUT2D eigenvalue weighted by Gasteiger charge is -2.31. The number of hydrogen-bond donors (Lipinski definition) is 1. The van der Waals surface area contributed by atoms with E-state index in [1.54, 1.807) is 27.5 Å². The third-order valence-electron chi connectivity index (χ3n) is 5.67. The molecule has 31 heavy (non-hydrogen) atoms. The summed E-state index contributed by atoms with van der Waals surface area (Å²) >= 11 is 0. The third kappa shape index (κ3) is 4.03. The number of benzene rings is 2. The van der Waals surface area contributed by atoms with Crippen LogP contribution in [0.2, 0.25) is 0 Å². The molecule has 8 heteroatoms. The molecule has 0 saturated carbocycles. The first kappa shape index (κ1) is 21.0. The van der Waals surface area contributed by atoms with Gasteiger partial charge in [-0.2, -0.15) is 0 Å². The molecule has 1 unspecified atom stereocenters. The van der Waals surface area contributed by atoms with Gasteiger partial charge in [-0.05, 0) is 31.2 Å². The van der Waals surface area contributed by atoms with Crippen molar-refractivity contribution < 1.29 is 19.0 Å². The van der Waals surface area contributed by atoms with Gasteiger partial charge in [0, 0.05) is 37.5 Å². The lowest BCUT2D eigenvalue weighted by Crippen LogP contribution is -2.38. The maximum atomic E-state index is 11.9. The number of nitrogens with one attached hydrogen (secondary N) is 1. The Morgan fingerprint density at radius 1 is 1.13 bits per heavy atom. The molecule has 2 aromatic carbocycles. The van der Waals surface area contributed by atoms with E-state index < -0.39 is 0 Å². The smallest absolute Gasteiger partial charge is 0.227 e. The van der Waals surface area contributed by atoms with E-state index in [0.717, 1.165) is 35.5 Å². The first-order valence-electron chi connectivity index (χ1n) is 10.3. The largest absolute Gasteiger partial charge is 0.493 e. The number of amides is 1. The average Bonchev–Trinajstić information content (AvgIpc) is 3.23. The second-order valence-electron chi connectivity index (χ2n) is 7.63. The molecule has 0 spiro atoms. The summed E-state index contributed by atoms with van der Waals surface area (Å²) in [6, 6.07) is 10.1. The molecule has 4 rings (SSSR count). The van der Waals surface area contributed by atoms with Crippen LogP contribution in [0.5, 0.6) is 17.2 Å². The molecule has 164 valence electrons. The van der Waals surface area contributed by atoms with E-state index in [4.69, 9.17) is 14.2 Å². The summed E-state index contributed by atoms with van der Waals surface area (Å²) in [6.07, 6.45) is 3.13. The van der Waals surface area contributed by atoms with Crippen LogP contribution in [0.25, 0.3) is 0 Å². The quantitative estimate of drug-likeness (QED) is 0.736. The average molecular weight is 425 g/mol. The highest BCUT2D eigenvalue weighted by molar-refractivity contribution is 5.96. The van der Waals surface area contributed by atoms with Crippen molar-refractivity contribution in [2.24, 2.45) is 4.99 Å². The van der Waals surface area contributed by atoms with E-state index in [2.05, 4.69) is 27.3 Å². The Balaban J connectivity index is 1.48. The monoisotopic (exact) mass is 424 g/mol. The molecule has 2 heterocycles. The normalized spacial score (nSPS) is 17.5. The molecule has 2 aromatic rings. The van der Waals surface area contributed by atoms with Gasteiger partial charge in [0.05, 0.1) is 32.6 Å². The lowest BCUT2D eigenvalue weighted by molar-refractivity contribution is -0.117. The number of ether oxygens (including phenoxy) is 3. The van der Waals surface area contributed by atoms with E-state index in [9.17, 15) is 4.79 Å². The van der Waals surface area contributed by atoms with Gasteiger partial charge < -0.3 is 24.4 Å². The molecule has 1 N–H and O–H groups in total. The second kappa shape index (κ2) is 8.85. The Morgan fingerprint density at radius 2 is 1.87 bits per heavy atom. The minimum absolute atomic E-state index is 0.201. The predicted octanol–water partition coefficient (Wildman–Crippen LogP) is 3.10. The Hall–Kier alpha value is -3.26. The number of hydrogen-bond acceptors (Lipinski definition) is 7. The van der Waals surface area contributed by atoms with Gasteiger partial charge in [0.1, 0.15) is 0 Å². The van der Waals surface area contributed by atoms with Crippen molar-refractivity contribution in [1.82, 2.24) is 4.90 Å². The highest BCUT2D eigenvalue weighted by atomic mass is 16.5. The fourth-order valence-corrected chi connectivity index (χ4v) is 4.05. The Labute approximate surface area is 182 Å². The standard InChI is InChI=1S/C23H28N4O4/c1-26(14-15-7-9-16(10-8-15)27-11-5-6-20(27)28)23-24-13-17-18(25-23)12-19(29-2)22(31-4)21(17)30-3/h7-10,12-13,23,25H,5-6,11,14H2,1-4H3. The van der Waals surface area contributed by atoms with Gasteiger partial charge in [0.25, 0.3) is 0 Å². The van der Waals surface area contributed by atoms with Crippen LogP contribution in [0, 0.1) is 0 Å². The van der Waals surface area contributed by atoms with Crippen molar-refractivity contribution in [2.75, 3.05) is 45.1 Å². The zero-order valence-electron chi connectivity index (χ0n) is 18.3. The number of fused-ring (bicyclic) bond motifs is 1. The highest BCUT2D eigenvalue weighted by Crippen LogP contribution is 2.44. The number of aliphatic imine (C=N–C) groups is 1. The summed E-state index contributed by atoms with van der Waals surface area (Å²) in [4.78, 5) is 20.6. The first-order valence-corrected chi connectivity index (χ1v) is 10.3. The van der Waals surface area contributed by atoms with Crippen LogP contribution >= 0.6 is 0 Å². The van der Waals surface area contributed by atoms with Gasteiger partial charge in [0.2, 0.25) is 11.7 Å². The van der Waals surface area contributed by atoms with Gasteiger partial charge in [0.15, 0.2) is 17.8 Å². The molecule has 0 aliphatic carbocycles. The Morgan fingerprint density at radius 3 is 2.48 bits per heavy atom. The van der Waals surface area contributed by atoms with Crippen LogP contribution in [0.15, 0.2) is 35.3 Å². The number of carbonyl (C=O) groups is 1. The molecule has 1 atom stereocenters. The van der Waals surface area contributed by atoms with Crippen molar-refractivity contribution in [3.8, 4) is 17.2 Å². The van der Waals surface area contributed by atoms with Crippen LogP contribution in [0.1, 0.15) is 24.0 Å². The zero-order valence-corrected chi connectivity index (χ0v) is 18.3. The molecule has 8 nitrogen and oxygen atoms in total. The lowest BCUT2D eigenvalue weighted by atomic mass is 10.1. The minimum atomic E-state index is -0.241. The van der Waals surface area contributed by atoms with Crippen molar-refractivity contribution in [1.29, 1.82) is 0 Å². The van der Waals surface area contributed by atoms with E-state index in [0.29, 0.717) is 30.2 Å². The summed E-state index contributed by atoms with van der Waals surface area (Å²) in [5, 5.41) is 3.44. The van der Waals surface area contributed by atoms with E-state index >= 15 is 0 Å². The minimum Gasteiger partial charge on any atom is -0.493 e. The van der Waals surface area contributed by atoms with Crippen LogP contribution < -0.4 is 24.4 Å². The van der Waals surface area contributed by atoms with E-state index in [1.807, 2.05) is 30.1 Å². The van der Waals surface area contributed by atoms with Gasteiger partial charge in [-0.15, -0.1) is 0 Å². The highest BCUT2D eigenvalue weighted by Gasteiger charge is 2.26. The maximum Gasteiger partial charge on any atom is 0.227 e. The molecular weight excluding hydrogens is 396 g/mol. The number of nitrogens with zero attached hydrogens (tertiary/aromatic N) is 3. The molecule has 0 radical (unpaired) electrons. The van der Waals surface area contributed by atoms with Crippen LogP contribution in [-0.2, 0) is 11.3 Å². The fraction of sp³-hybridized carbons (Fsp3) is 0.391. The molecule has 1 fully saturated rings. The molecule has 1 saturated heterocycles. The predicted molar refractivity (Wildman–Crippen MR) is 121 cm³/mol. The van der Waals surface area contributed by atoms with E-state index in [1.165, 1.54) is 0 Å². The van der Waals surface area contributed by atoms with Gasteiger partial charge in [-0.25, -0.2) is 0 Å². The molecule has 0 bridgehead atoms. The summed E-state index contributed by atoms with van der Waals surface area (Å²) in [5.74, 6) is 1.92. The number of rotatable bonds is 7. The molecule has 2 aliphatic rings. The van der Waals surface area contributed by atoms with Crippen molar-refractivity contribution in [2.45, 2.75) is 25.7 Å². The molecule has 2 aliphatic heterocycles. The topological polar surface area (TPSA) is 75.6 Å². The van der Waals surface area contributed by atoms with Crippen LogP contribution in [0.4, 0.5) is 11.4 Å². The van der Waals surface area contributed by atoms with Crippen molar-refractivity contribution in [3.63, 3.8) is 0 Å². The summed E-state index contributed by atoms with van der Waals surface area (Å²) < 4.78 is 16.5. The Kier molecular flexibility index (Phi) is 5.99. The van der Waals surface area contributed by atoms with E-state index in [-0.39, 0.29) is 12.2 Å². The van der Waals surface area contributed by atoms with Crippen LogP contribution in [0.3, 0.4) is 0 Å². The molecule has 1 amide bonds. The molecular formula is C23H28N4O4. The third-order valence-corrected chi connectivity index (χ3v) is 5.67. The maximum absolute atomic E-state index is 11.9.